The minimum atomic E-state index is -0.732. The van der Waals surface area contributed by atoms with E-state index in [1.807, 2.05) is 22.9 Å². The average Bonchev–Trinajstić information content (AvgIpc) is 3.20. The molecule has 2 amide bonds. The smallest absolute Gasteiger partial charge is 0.251 e. The molecule has 3 aromatic rings. The molecule has 27 heavy (non-hydrogen) atoms. The van der Waals surface area contributed by atoms with Gasteiger partial charge in [0.25, 0.3) is 5.91 Å². The van der Waals surface area contributed by atoms with E-state index >= 15 is 0 Å². The van der Waals surface area contributed by atoms with Crippen LogP contribution < -0.4 is 10.6 Å². The van der Waals surface area contributed by atoms with Crippen molar-refractivity contribution in [3.63, 3.8) is 0 Å². The Hall–Kier alpha value is -3.06. The van der Waals surface area contributed by atoms with Gasteiger partial charge in [0.1, 0.15) is 11.6 Å². The molecule has 4 nitrogen and oxygen atoms in total. The highest BCUT2D eigenvalue weighted by Gasteiger charge is 2.10. The fourth-order valence-electron chi connectivity index (χ4n) is 2.45. The zero-order valence-corrected chi connectivity index (χ0v) is 15.0. The lowest BCUT2D eigenvalue weighted by Crippen LogP contribution is -2.36. The van der Waals surface area contributed by atoms with E-state index in [-0.39, 0.29) is 24.6 Å². The van der Waals surface area contributed by atoms with Crippen LogP contribution in [-0.4, -0.2) is 18.4 Å². The van der Waals surface area contributed by atoms with Crippen LogP contribution in [0.1, 0.15) is 15.9 Å². The molecule has 0 aliphatic rings. The molecule has 138 valence electrons. The molecule has 0 saturated heterocycles. The summed E-state index contributed by atoms with van der Waals surface area (Å²) in [7, 11) is 0. The van der Waals surface area contributed by atoms with Gasteiger partial charge in [0.15, 0.2) is 0 Å². The Kier molecular flexibility index (Phi) is 5.93. The van der Waals surface area contributed by atoms with Gasteiger partial charge in [-0.3, -0.25) is 9.59 Å². The highest BCUT2D eigenvalue weighted by molar-refractivity contribution is 7.08. The Morgan fingerprint density at radius 2 is 1.81 bits per heavy atom. The summed E-state index contributed by atoms with van der Waals surface area (Å²) in [5, 5.41) is 8.95. The second kappa shape index (κ2) is 8.55. The largest absolute Gasteiger partial charge is 0.350 e. The molecule has 0 saturated carbocycles. The van der Waals surface area contributed by atoms with E-state index in [2.05, 4.69) is 10.6 Å². The molecular formula is C20H16F2N2O2S. The van der Waals surface area contributed by atoms with Crippen molar-refractivity contribution < 1.29 is 18.4 Å². The molecule has 0 spiro atoms. The molecule has 0 unspecified atom stereocenters. The van der Waals surface area contributed by atoms with Gasteiger partial charge in [0.2, 0.25) is 5.91 Å². The molecule has 0 atom stereocenters. The predicted octanol–water partition coefficient (Wildman–Crippen LogP) is 3.74. The third-order valence-corrected chi connectivity index (χ3v) is 4.56. The average molecular weight is 386 g/mol. The standard InChI is InChI=1S/C20H16F2N2O2S/c21-17-5-4-15(18(22)9-17)10-23-19(25)11-24-20(26)14-3-1-2-13(8-14)16-6-7-27-12-16/h1-9,12H,10-11H2,(H,23,25)(H,24,26). The van der Waals surface area contributed by atoms with E-state index in [9.17, 15) is 18.4 Å². The first-order valence-electron chi connectivity index (χ1n) is 8.14. The number of nitrogens with one attached hydrogen (secondary N) is 2. The predicted molar refractivity (Wildman–Crippen MR) is 100 cm³/mol. The number of hydrogen-bond donors (Lipinski definition) is 2. The fourth-order valence-corrected chi connectivity index (χ4v) is 3.12. The van der Waals surface area contributed by atoms with Crippen molar-refractivity contribution in [2.75, 3.05) is 6.54 Å². The highest BCUT2D eigenvalue weighted by atomic mass is 32.1. The Balaban J connectivity index is 1.53. The third-order valence-electron chi connectivity index (χ3n) is 3.88. The van der Waals surface area contributed by atoms with Gasteiger partial charge in [-0.15, -0.1) is 0 Å². The van der Waals surface area contributed by atoms with E-state index in [0.29, 0.717) is 5.56 Å². The number of carbonyl (C=O) groups is 2. The van der Waals surface area contributed by atoms with Crippen molar-refractivity contribution in [1.82, 2.24) is 10.6 Å². The van der Waals surface area contributed by atoms with E-state index in [4.69, 9.17) is 0 Å². The molecule has 2 N–H and O–H groups in total. The number of benzene rings is 2. The highest BCUT2D eigenvalue weighted by Crippen LogP contribution is 2.22. The Bertz CT molecular complexity index is 958. The van der Waals surface area contributed by atoms with Crippen LogP contribution in [0.15, 0.2) is 59.3 Å². The van der Waals surface area contributed by atoms with E-state index in [1.165, 1.54) is 6.07 Å². The third kappa shape index (κ3) is 4.98. The van der Waals surface area contributed by atoms with Crippen LogP contribution in [-0.2, 0) is 11.3 Å². The van der Waals surface area contributed by atoms with Gasteiger partial charge in [-0.2, -0.15) is 11.3 Å². The Labute approximate surface area is 158 Å². The van der Waals surface area contributed by atoms with Gasteiger partial charge >= 0.3 is 0 Å². The maximum atomic E-state index is 13.5. The lowest BCUT2D eigenvalue weighted by Gasteiger charge is -2.08. The normalized spacial score (nSPS) is 10.4. The van der Waals surface area contributed by atoms with Crippen LogP contribution in [0.4, 0.5) is 8.78 Å². The minimum Gasteiger partial charge on any atom is -0.350 e. The fraction of sp³-hybridized carbons (Fsp3) is 0.100. The van der Waals surface area contributed by atoms with Gasteiger partial charge in [0.05, 0.1) is 6.54 Å². The number of rotatable bonds is 6. The zero-order chi connectivity index (χ0) is 19.2. The Morgan fingerprint density at radius 1 is 0.963 bits per heavy atom. The van der Waals surface area contributed by atoms with Gasteiger partial charge < -0.3 is 10.6 Å². The van der Waals surface area contributed by atoms with Crippen molar-refractivity contribution in [3.8, 4) is 11.1 Å². The molecule has 0 bridgehead atoms. The zero-order valence-electron chi connectivity index (χ0n) is 14.2. The number of halogens is 2. The monoisotopic (exact) mass is 386 g/mol. The summed E-state index contributed by atoms with van der Waals surface area (Å²) in [5.41, 5.74) is 2.55. The van der Waals surface area contributed by atoms with Crippen molar-refractivity contribution in [2.45, 2.75) is 6.54 Å². The molecular weight excluding hydrogens is 370 g/mol. The number of amides is 2. The quantitative estimate of drug-likeness (QED) is 0.678. The summed E-state index contributed by atoms with van der Waals surface area (Å²) in [4.78, 5) is 24.1. The molecule has 0 fully saturated rings. The number of carbonyl (C=O) groups excluding carboxylic acids is 2. The summed E-state index contributed by atoms with van der Waals surface area (Å²) in [6.45, 7) is -0.335. The lowest BCUT2D eigenvalue weighted by atomic mass is 10.1. The summed E-state index contributed by atoms with van der Waals surface area (Å²) < 4.78 is 26.4. The van der Waals surface area contributed by atoms with E-state index < -0.39 is 17.5 Å². The first-order valence-corrected chi connectivity index (χ1v) is 9.08. The molecule has 1 aromatic heterocycles. The number of thiophene rings is 1. The molecule has 0 aliphatic carbocycles. The van der Waals surface area contributed by atoms with Crippen LogP contribution in [0.2, 0.25) is 0 Å². The van der Waals surface area contributed by atoms with Gasteiger partial charge in [-0.25, -0.2) is 8.78 Å². The summed E-state index contributed by atoms with van der Waals surface area (Å²) in [5.74, 6) is -2.26. The molecule has 0 aliphatic heterocycles. The second-order valence-electron chi connectivity index (χ2n) is 5.79. The van der Waals surface area contributed by atoms with Crippen LogP contribution in [0.5, 0.6) is 0 Å². The number of hydrogen-bond acceptors (Lipinski definition) is 3. The van der Waals surface area contributed by atoms with Crippen LogP contribution in [0, 0.1) is 11.6 Å². The first kappa shape index (κ1) is 18.7. The van der Waals surface area contributed by atoms with Crippen LogP contribution in [0.25, 0.3) is 11.1 Å². The molecule has 3 rings (SSSR count). The molecule has 0 radical (unpaired) electrons. The topological polar surface area (TPSA) is 58.2 Å². The summed E-state index contributed by atoms with van der Waals surface area (Å²) >= 11 is 1.57. The van der Waals surface area contributed by atoms with Gasteiger partial charge in [-0.1, -0.05) is 18.2 Å². The maximum absolute atomic E-state index is 13.5. The first-order chi connectivity index (χ1) is 13.0. The lowest BCUT2D eigenvalue weighted by molar-refractivity contribution is -0.120. The molecule has 2 aromatic carbocycles. The summed E-state index contributed by atoms with van der Waals surface area (Å²) in [6, 6.07) is 12.2. The van der Waals surface area contributed by atoms with E-state index in [0.717, 1.165) is 23.3 Å². The van der Waals surface area contributed by atoms with Crippen molar-refractivity contribution in [2.24, 2.45) is 0 Å². The van der Waals surface area contributed by atoms with Crippen molar-refractivity contribution in [1.29, 1.82) is 0 Å². The minimum absolute atomic E-state index is 0.0888. The van der Waals surface area contributed by atoms with Crippen LogP contribution in [0.3, 0.4) is 0 Å². The van der Waals surface area contributed by atoms with Gasteiger partial charge in [0, 0.05) is 23.7 Å². The van der Waals surface area contributed by atoms with Crippen LogP contribution >= 0.6 is 11.3 Å². The molecule has 7 heteroatoms. The van der Waals surface area contributed by atoms with Crippen molar-refractivity contribution in [3.05, 3.63) is 82.1 Å². The van der Waals surface area contributed by atoms with Crippen molar-refractivity contribution >= 4 is 23.2 Å². The SMILES string of the molecule is O=C(CNC(=O)c1cccc(-c2ccsc2)c1)NCc1ccc(F)cc1F. The molecule has 1 heterocycles. The van der Waals surface area contributed by atoms with E-state index in [1.54, 1.807) is 29.5 Å². The van der Waals surface area contributed by atoms with Gasteiger partial charge in [-0.05, 0) is 46.2 Å². The summed E-state index contributed by atoms with van der Waals surface area (Å²) in [6.07, 6.45) is 0. The Morgan fingerprint density at radius 3 is 2.56 bits per heavy atom. The second-order valence-corrected chi connectivity index (χ2v) is 6.57. The maximum Gasteiger partial charge on any atom is 0.251 e.